The van der Waals surface area contributed by atoms with Crippen LogP contribution in [0.4, 0.5) is 10.1 Å². The summed E-state index contributed by atoms with van der Waals surface area (Å²) in [5.41, 5.74) is 3.14. The lowest BCUT2D eigenvalue weighted by atomic mass is 10.1. The number of carbonyl (C=O) groups is 1. The molecule has 5 nitrogen and oxygen atoms in total. The summed E-state index contributed by atoms with van der Waals surface area (Å²) in [6.45, 7) is 3.46. The largest absolute Gasteiger partial charge is 0.325 e. The molecule has 2 rings (SSSR count). The van der Waals surface area contributed by atoms with Crippen LogP contribution >= 0.6 is 0 Å². The lowest BCUT2D eigenvalue weighted by Crippen LogP contribution is -2.37. The van der Waals surface area contributed by atoms with Gasteiger partial charge in [-0.2, -0.15) is 4.31 Å². The monoisotopic (exact) mass is 364 g/mol. The van der Waals surface area contributed by atoms with Gasteiger partial charge in [-0.15, -0.1) is 0 Å². The van der Waals surface area contributed by atoms with E-state index in [1.54, 1.807) is 0 Å². The van der Waals surface area contributed by atoms with Gasteiger partial charge in [-0.25, -0.2) is 12.8 Å². The molecular weight excluding hydrogens is 343 g/mol. The van der Waals surface area contributed by atoms with Crippen molar-refractivity contribution in [2.24, 2.45) is 0 Å². The summed E-state index contributed by atoms with van der Waals surface area (Å²) < 4.78 is 38.0. The van der Waals surface area contributed by atoms with Gasteiger partial charge < -0.3 is 5.32 Å². The molecule has 0 aliphatic heterocycles. The van der Waals surface area contributed by atoms with E-state index < -0.39 is 21.7 Å². The van der Waals surface area contributed by atoms with E-state index in [2.05, 4.69) is 5.32 Å². The van der Waals surface area contributed by atoms with Gasteiger partial charge in [-0.3, -0.25) is 4.79 Å². The normalized spacial score (nSPS) is 11.6. The van der Waals surface area contributed by atoms with Crippen LogP contribution in [0.15, 0.2) is 42.5 Å². The van der Waals surface area contributed by atoms with Crippen molar-refractivity contribution in [2.45, 2.75) is 20.4 Å². The van der Waals surface area contributed by atoms with E-state index in [0.29, 0.717) is 11.3 Å². The van der Waals surface area contributed by atoms with E-state index in [4.69, 9.17) is 0 Å². The topological polar surface area (TPSA) is 66.5 Å². The minimum Gasteiger partial charge on any atom is -0.325 e. The first-order valence-corrected chi connectivity index (χ1v) is 9.56. The predicted molar refractivity (Wildman–Crippen MR) is 96.2 cm³/mol. The lowest BCUT2D eigenvalue weighted by Gasteiger charge is -2.20. The minimum absolute atomic E-state index is 0.000662. The number of benzene rings is 2. The summed E-state index contributed by atoms with van der Waals surface area (Å²) in [4.78, 5) is 12.3. The summed E-state index contributed by atoms with van der Waals surface area (Å²) in [7, 11) is -3.60. The third-order valence-corrected chi connectivity index (χ3v) is 4.92. The first-order chi connectivity index (χ1) is 11.6. The number of rotatable bonds is 6. The molecule has 0 saturated carbocycles. The maximum atomic E-state index is 13.0. The van der Waals surface area contributed by atoms with Crippen molar-refractivity contribution in [3.63, 3.8) is 0 Å². The summed E-state index contributed by atoms with van der Waals surface area (Å²) in [5, 5.41) is 2.74. The first kappa shape index (κ1) is 19.1. The SMILES string of the molecule is Cc1ccc(C)c(NC(=O)CN(Cc2ccc(F)cc2)S(C)(=O)=O)c1. The molecule has 7 heteroatoms. The molecule has 0 heterocycles. The lowest BCUT2D eigenvalue weighted by molar-refractivity contribution is -0.116. The molecule has 2 aromatic carbocycles. The van der Waals surface area contributed by atoms with Crippen LogP contribution < -0.4 is 5.32 Å². The van der Waals surface area contributed by atoms with E-state index >= 15 is 0 Å². The van der Waals surface area contributed by atoms with Gasteiger partial charge in [0.2, 0.25) is 15.9 Å². The Balaban J connectivity index is 2.12. The Morgan fingerprint density at radius 2 is 1.76 bits per heavy atom. The van der Waals surface area contributed by atoms with Crippen molar-refractivity contribution in [2.75, 3.05) is 18.1 Å². The fourth-order valence-corrected chi connectivity index (χ4v) is 3.04. The predicted octanol–water partition coefficient (Wildman–Crippen LogP) is 2.84. The molecule has 0 bridgehead atoms. The van der Waals surface area contributed by atoms with Crippen molar-refractivity contribution in [3.05, 3.63) is 65.0 Å². The highest BCUT2D eigenvalue weighted by Gasteiger charge is 2.21. The van der Waals surface area contributed by atoms with Gasteiger partial charge >= 0.3 is 0 Å². The van der Waals surface area contributed by atoms with Crippen LogP contribution in [0.3, 0.4) is 0 Å². The molecule has 0 saturated heterocycles. The second-order valence-electron chi connectivity index (χ2n) is 6.02. The molecule has 0 aromatic heterocycles. The van der Waals surface area contributed by atoms with Gasteiger partial charge in [0, 0.05) is 12.2 Å². The van der Waals surface area contributed by atoms with Crippen LogP contribution in [0.5, 0.6) is 0 Å². The van der Waals surface area contributed by atoms with E-state index in [1.807, 2.05) is 32.0 Å². The number of nitrogens with one attached hydrogen (secondary N) is 1. The van der Waals surface area contributed by atoms with Gasteiger partial charge in [0.25, 0.3) is 0 Å². The number of hydrogen-bond donors (Lipinski definition) is 1. The minimum atomic E-state index is -3.60. The standard InChI is InChI=1S/C18H21FN2O3S/c1-13-4-5-14(2)17(10-13)20-18(22)12-21(25(3,23)24)11-15-6-8-16(19)9-7-15/h4-10H,11-12H2,1-3H3,(H,20,22). The summed E-state index contributed by atoms with van der Waals surface area (Å²) in [6.07, 6.45) is 1.04. The Morgan fingerprint density at radius 3 is 2.36 bits per heavy atom. The van der Waals surface area contributed by atoms with Crippen molar-refractivity contribution in [1.29, 1.82) is 0 Å². The number of anilines is 1. The molecule has 25 heavy (non-hydrogen) atoms. The van der Waals surface area contributed by atoms with E-state index in [9.17, 15) is 17.6 Å². The van der Waals surface area contributed by atoms with Crippen LogP contribution in [0, 0.1) is 19.7 Å². The molecule has 134 valence electrons. The van der Waals surface area contributed by atoms with Gasteiger partial charge in [0.15, 0.2) is 0 Å². The maximum absolute atomic E-state index is 13.0. The van der Waals surface area contributed by atoms with Gasteiger partial charge in [-0.1, -0.05) is 24.3 Å². The number of carbonyl (C=O) groups excluding carboxylic acids is 1. The quantitative estimate of drug-likeness (QED) is 0.857. The van der Waals surface area contributed by atoms with Crippen LogP contribution in [0.2, 0.25) is 0 Å². The van der Waals surface area contributed by atoms with Crippen LogP contribution in [-0.4, -0.2) is 31.4 Å². The first-order valence-electron chi connectivity index (χ1n) is 7.72. The molecule has 0 fully saturated rings. The number of nitrogens with zero attached hydrogens (tertiary/aromatic N) is 1. The Labute approximate surface area is 147 Å². The van der Waals surface area contributed by atoms with Gasteiger partial charge in [0.05, 0.1) is 12.8 Å². The Hall–Kier alpha value is -2.25. The highest BCUT2D eigenvalue weighted by Crippen LogP contribution is 2.17. The Kier molecular flexibility index (Phi) is 5.92. The molecule has 0 aliphatic rings. The Bertz CT molecular complexity index is 864. The molecule has 2 aromatic rings. The molecule has 0 atom stereocenters. The molecule has 0 unspecified atom stereocenters. The van der Waals surface area contributed by atoms with Crippen molar-refractivity contribution in [1.82, 2.24) is 4.31 Å². The number of amides is 1. The van der Waals surface area contributed by atoms with Crippen LogP contribution in [-0.2, 0) is 21.4 Å². The molecule has 0 spiro atoms. The fraction of sp³-hybridized carbons (Fsp3) is 0.278. The smallest absolute Gasteiger partial charge is 0.239 e. The third-order valence-electron chi connectivity index (χ3n) is 3.73. The van der Waals surface area contributed by atoms with Crippen molar-refractivity contribution in [3.8, 4) is 0 Å². The summed E-state index contributed by atoms with van der Waals surface area (Å²) in [6, 6.07) is 11.2. The zero-order chi connectivity index (χ0) is 18.6. The molecule has 1 N–H and O–H groups in total. The van der Waals surface area contributed by atoms with Crippen LogP contribution in [0.25, 0.3) is 0 Å². The van der Waals surface area contributed by atoms with Crippen molar-refractivity contribution >= 4 is 21.6 Å². The zero-order valence-corrected chi connectivity index (χ0v) is 15.2. The second kappa shape index (κ2) is 7.76. The highest BCUT2D eigenvalue weighted by molar-refractivity contribution is 7.88. The Morgan fingerprint density at radius 1 is 1.12 bits per heavy atom. The molecule has 1 amide bonds. The molecular formula is C18H21FN2O3S. The van der Waals surface area contributed by atoms with Crippen LogP contribution in [0.1, 0.15) is 16.7 Å². The average Bonchev–Trinajstić information content (AvgIpc) is 2.51. The van der Waals surface area contributed by atoms with Gasteiger partial charge in [-0.05, 0) is 48.7 Å². The summed E-state index contributed by atoms with van der Waals surface area (Å²) >= 11 is 0. The number of halogens is 1. The highest BCUT2D eigenvalue weighted by atomic mass is 32.2. The van der Waals surface area contributed by atoms with E-state index in [0.717, 1.165) is 21.7 Å². The molecule has 0 radical (unpaired) electrons. The van der Waals surface area contributed by atoms with E-state index in [-0.39, 0.29) is 13.1 Å². The number of aryl methyl sites for hydroxylation is 2. The second-order valence-corrected chi connectivity index (χ2v) is 8.01. The average molecular weight is 364 g/mol. The fourth-order valence-electron chi connectivity index (χ4n) is 2.30. The third kappa shape index (κ3) is 5.65. The number of hydrogen-bond acceptors (Lipinski definition) is 3. The summed E-state index contributed by atoms with van der Waals surface area (Å²) in [5.74, 6) is -0.830. The van der Waals surface area contributed by atoms with Gasteiger partial charge in [0.1, 0.15) is 5.82 Å². The van der Waals surface area contributed by atoms with Crippen molar-refractivity contribution < 1.29 is 17.6 Å². The molecule has 0 aliphatic carbocycles. The zero-order valence-electron chi connectivity index (χ0n) is 14.4. The number of sulfonamides is 1. The maximum Gasteiger partial charge on any atom is 0.239 e. The van der Waals surface area contributed by atoms with E-state index in [1.165, 1.54) is 24.3 Å².